The number of hydrogen-bond acceptors (Lipinski definition) is 3. The zero-order valence-electron chi connectivity index (χ0n) is 11.5. The van der Waals surface area contributed by atoms with Gasteiger partial charge in [-0.1, -0.05) is 0 Å². The molecule has 0 aliphatic heterocycles. The lowest BCUT2D eigenvalue weighted by molar-refractivity contribution is -0.147. The highest BCUT2D eigenvalue weighted by Gasteiger charge is 2.36. The molecule has 0 heterocycles. The molecular weight excluding hydrogens is 238 g/mol. The molecule has 18 heavy (non-hydrogen) atoms. The second-order valence-electron chi connectivity index (χ2n) is 4.56. The monoisotopic (exact) mass is 259 g/mol. The summed E-state index contributed by atoms with van der Waals surface area (Å²) in [5.74, 6) is -1.36. The van der Waals surface area contributed by atoms with Crippen molar-refractivity contribution in [1.82, 2.24) is 15.1 Å². The largest absolute Gasteiger partial charge is 0.480 e. The Kier molecular flexibility index (Phi) is 5.61. The molecule has 0 radical (unpaired) electrons. The van der Waals surface area contributed by atoms with E-state index in [4.69, 9.17) is 5.11 Å². The third-order valence-corrected chi connectivity index (χ3v) is 2.65. The van der Waals surface area contributed by atoms with Crippen LogP contribution in [0, 0.1) is 0 Å². The molecule has 0 saturated carbocycles. The topological polar surface area (TPSA) is 90.0 Å². The Hall–Kier alpha value is -1.79. The summed E-state index contributed by atoms with van der Waals surface area (Å²) >= 11 is 0. The Labute approximate surface area is 107 Å². The van der Waals surface area contributed by atoms with Gasteiger partial charge in [-0.05, 0) is 20.8 Å². The van der Waals surface area contributed by atoms with Gasteiger partial charge in [-0.25, -0.2) is 9.59 Å². The third-order valence-electron chi connectivity index (χ3n) is 2.65. The Balaban J connectivity index is 4.65. The van der Waals surface area contributed by atoms with E-state index in [0.29, 0.717) is 0 Å². The summed E-state index contributed by atoms with van der Waals surface area (Å²) in [5, 5.41) is 11.5. The molecule has 0 spiro atoms. The van der Waals surface area contributed by atoms with Gasteiger partial charge >= 0.3 is 12.0 Å². The van der Waals surface area contributed by atoms with Crippen molar-refractivity contribution in [2.24, 2.45) is 0 Å². The maximum absolute atomic E-state index is 11.8. The smallest absolute Gasteiger partial charge is 0.329 e. The van der Waals surface area contributed by atoms with Gasteiger partial charge in [0.15, 0.2) is 0 Å². The number of carbonyl (C=O) groups is 3. The standard InChI is InChI=1S/C11H21N3O4/c1-6-14(11(2,3)9(16)17)10(18)12-7-8(15)13(4)5/h6-7H2,1-5H3,(H,12,18)(H,16,17). The van der Waals surface area contributed by atoms with Crippen LogP contribution in [-0.4, -0.2) is 65.5 Å². The predicted octanol–water partition coefficient (Wildman–Crippen LogP) is -0.0307. The van der Waals surface area contributed by atoms with Crippen molar-refractivity contribution < 1.29 is 19.5 Å². The molecule has 104 valence electrons. The fourth-order valence-electron chi connectivity index (χ4n) is 1.31. The quantitative estimate of drug-likeness (QED) is 0.725. The first kappa shape index (κ1) is 16.2. The molecule has 0 rings (SSSR count). The summed E-state index contributed by atoms with van der Waals surface area (Å²) in [6, 6.07) is -0.569. The summed E-state index contributed by atoms with van der Waals surface area (Å²) in [6.07, 6.45) is 0. The number of amides is 3. The number of hydrogen-bond donors (Lipinski definition) is 2. The molecule has 0 aromatic carbocycles. The Morgan fingerprint density at radius 3 is 2.06 bits per heavy atom. The second-order valence-corrected chi connectivity index (χ2v) is 4.56. The summed E-state index contributed by atoms with van der Waals surface area (Å²) in [4.78, 5) is 36.7. The number of nitrogens with one attached hydrogen (secondary N) is 1. The van der Waals surface area contributed by atoms with E-state index in [1.807, 2.05) is 0 Å². The zero-order chi connectivity index (χ0) is 14.5. The highest BCUT2D eigenvalue weighted by atomic mass is 16.4. The summed E-state index contributed by atoms with van der Waals surface area (Å²) in [5.41, 5.74) is -1.32. The van der Waals surface area contributed by atoms with E-state index in [1.54, 1.807) is 21.0 Å². The minimum Gasteiger partial charge on any atom is -0.480 e. The fourth-order valence-corrected chi connectivity index (χ4v) is 1.31. The van der Waals surface area contributed by atoms with E-state index in [2.05, 4.69) is 5.32 Å². The van der Waals surface area contributed by atoms with Crippen molar-refractivity contribution >= 4 is 17.9 Å². The molecule has 0 fully saturated rings. The Morgan fingerprint density at radius 2 is 1.72 bits per heavy atom. The van der Waals surface area contributed by atoms with Gasteiger partial charge in [0.2, 0.25) is 5.91 Å². The minimum atomic E-state index is -1.32. The summed E-state index contributed by atoms with van der Waals surface area (Å²) < 4.78 is 0. The zero-order valence-corrected chi connectivity index (χ0v) is 11.5. The van der Waals surface area contributed by atoms with Crippen LogP contribution in [0.5, 0.6) is 0 Å². The molecule has 0 bridgehead atoms. The van der Waals surface area contributed by atoms with Crippen molar-refractivity contribution in [3.8, 4) is 0 Å². The first-order valence-corrected chi connectivity index (χ1v) is 5.63. The first-order valence-electron chi connectivity index (χ1n) is 5.63. The van der Waals surface area contributed by atoms with E-state index in [9.17, 15) is 14.4 Å². The molecule has 0 aromatic rings. The van der Waals surface area contributed by atoms with E-state index < -0.39 is 17.5 Å². The molecule has 0 unspecified atom stereocenters. The lowest BCUT2D eigenvalue weighted by Gasteiger charge is -2.34. The van der Waals surface area contributed by atoms with Crippen molar-refractivity contribution in [1.29, 1.82) is 0 Å². The van der Waals surface area contributed by atoms with Gasteiger partial charge in [0.25, 0.3) is 0 Å². The van der Waals surface area contributed by atoms with Gasteiger partial charge in [-0.3, -0.25) is 4.79 Å². The molecule has 0 saturated heterocycles. The molecule has 7 heteroatoms. The van der Waals surface area contributed by atoms with Crippen LogP contribution in [0.3, 0.4) is 0 Å². The van der Waals surface area contributed by atoms with E-state index in [1.165, 1.54) is 18.7 Å². The average molecular weight is 259 g/mol. The molecule has 7 nitrogen and oxygen atoms in total. The van der Waals surface area contributed by atoms with E-state index >= 15 is 0 Å². The van der Waals surface area contributed by atoms with Crippen LogP contribution >= 0.6 is 0 Å². The van der Waals surface area contributed by atoms with Crippen LogP contribution in [0.15, 0.2) is 0 Å². The number of nitrogens with zero attached hydrogens (tertiary/aromatic N) is 2. The normalized spacial score (nSPS) is 10.7. The number of carbonyl (C=O) groups excluding carboxylic acids is 2. The Bertz CT molecular complexity index is 339. The van der Waals surface area contributed by atoms with Gasteiger partial charge in [0.05, 0.1) is 6.54 Å². The molecular formula is C11H21N3O4. The highest BCUT2D eigenvalue weighted by Crippen LogP contribution is 2.14. The number of likely N-dealkylation sites (N-methyl/N-ethyl adjacent to an activating group) is 2. The van der Waals surface area contributed by atoms with E-state index in [-0.39, 0.29) is 19.0 Å². The van der Waals surface area contributed by atoms with Gasteiger partial charge in [-0.2, -0.15) is 0 Å². The fraction of sp³-hybridized carbons (Fsp3) is 0.727. The molecule has 0 aromatic heterocycles. The molecule has 3 amide bonds. The van der Waals surface area contributed by atoms with Gasteiger partial charge in [0.1, 0.15) is 5.54 Å². The summed E-state index contributed by atoms with van der Waals surface area (Å²) in [6.45, 7) is 4.63. The van der Waals surface area contributed by atoms with Crippen molar-refractivity contribution in [2.45, 2.75) is 26.3 Å². The number of rotatable bonds is 5. The van der Waals surface area contributed by atoms with Crippen LogP contribution in [0.2, 0.25) is 0 Å². The lowest BCUT2D eigenvalue weighted by Crippen LogP contribution is -2.56. The van der Waals surface area contributed by atoms with Crippen molar-refractivity contribution in [2.75, 3.05) is 27.2 Å². The van der Waals surface area contributed by atoms with Crippen molar-refractivity contribution in [3.05, 3.63) is 0 Å². The van der Waals surface area contributed by atoms with Gasteiger partial charge in [0, 0.05) is 20.6 Å². The number of aliphatic carboxylic acids is 1. The van der Waals surface area contributed by atoms with Crippen LogP contribution < -0.4 is 5.32 Å². The molecule has 0 aliphatic rings. The molecule has 0 atom stereocenters. The minimum absolute atomic E-state index is 0.155. The predicted molar refractivity (Wildman–Crippen MR) is 66.2 cm³/mol. The number of carboxylic acids is 1. The maximum Gasteiger partial charge on any atom is 0.329 e. The first-order chi connectivity index (χ1) is 8.14. The average Bonchev–Trinajstić information content (AvgIpc) is 2.25. The van der Waals surface area contributed by atoms with Crippen molar-refractivity contribution in [3.63, 3.8) is 0 Å². The SMILES string of the molecule is CCN(C(=O)NCC(=O)N(C)C)C(C)(C)C(=O)O. The maximum atomic E-state index is 11.8. The summed E-state index contributed by atoms with van der Waals surface area (Å²) in [7, 11) is 3.15. The van der Waals surface area contributed by atoms with Crippen LogP contribution in [-0.2, 0) is 9.59 Å². The van der Waals surface area contributed by atoms with Crippen LogP contribution in [0.25, 0.3) is 0 Å². The van der Waals surface area contributed by atoms with Gasteiger partial charge in [-0.15, -0.1) is 0 Å². The number of carboxylic acid groups (broad SMARTS) is 1. The lowest BCUT2D eigenvalue weighted by atomic mass is 10.0. The molecule has 0 aliphatic carbocycles. The Morgan fingerprint density at radius 1 is 1.22 bits per heavy atom. The van der Waals surface area contributed by atoms with Crippen LogP contribution in [0.1, 0.15) is 20.8 Å². The molecule has 2 N–H and O–H groups in total. The second kappa shape index (κ2) is 6.23. The van der Waals surface area contributed by atoms with E-state index in [0.717, 1.165) is 4.90 Å². The number of urea groups is 1. The highest BCUT2D eigenvalue weighted by molar-refractivity contribution is 5.88. The third kappa shape index (κ3) is 3.90. The van der Waals surface area contributed by atoms with Crippen LogP contribution in [0.4, 0.5) is 4.79 Å². The van der Waals surface area contributed by atoms with Gasteiger partial charge < -0.3 is 20.2 Å².